The first-order valence-electron chi connectivity index (χ1n) is 6.06. The highest BCUT2D eigenvalue weighted by atomic mass is 35.5. The second-order valence-corrected chi connectivity index (χ2v) is 5.05. The molecule has 0 bridgehead atoms. The zero-order valence-corrected chi connectivity index (χ0v) is 11.2. The fourth-order valence-electron chi connectivity index (χ4n) is 2.29. The van der Waals surface area contributed by atoms with Gasteiger partial charge < -0.3 is 10.2 Å². The molecule has 1 N–H and O–H groups in total. The summed E-state index contributed by atoms with van der Waals surface area (Å²) < 4.78 is 0. The summed E-state index contributed by atoms with van der Waals surface area (Å²) in [5.41, 5.74) is 1.27. The van der Waals surface area contributed by atoms with Gasteiger partial charge >= 0.3 is 0 Å². The molecule has 0 amide bonds. The number of halogens is 1. The van der Waals surface area contributed by atoms with Crippen molar-refractivity contribution in [1.29, 1.82) is 0 Å². The maximum atomic E-state index is 5.92. The zero-order valence-electron chi connectivity index (χ0n) is 10.5. The summed E-state index contributed by atoms with van der Waals surface area (Å²) in [6.07, 6.45) is 0. The number of hydrogen-bond donors (Lipinski definition) is 1. The van der Waals surface area contributed by atoms with Crippen LogP contribution in [-0.2, 0) is 0 Å². The van der Waals surface area contributed by atoms with Crippen molar-refractivity contribution in [2.45, 2.75) is 6.04 Å². The van der Waals surface area contributed by atoms with Gasteiger partial charge in [-0.3, -0.25) is 4.90 Å². The monoisotopic (exact) mass is 253 g/mol. The minimum atomic E-state index is 0.574. The van der Waals surface area contributed by atoms with E-state index >= 15 is 0 Å². The van der Waals surface area contributed by atoms with Crippen molar-refractivity contribution in [3.05, 3.63) is 29.3 Å². The summed E-state index contributed by atoms with van der Waals surface area (Å²) in [7, 11) is 4.20. The molecule has 1 unspecified atom stereocenters. The van der Waals surface area contributed by atoms with E-state index < -0.39 is 0 Å². The van der Waals surface area contributed by atoms with Crippen LogP contribution in [0.15, 0.2) is 24.3 Å². The van der Waals surface area contributed by atoms with Gasteiger partial charge in [-0.25, -0.2) is 0 Å². The van der Waals surface area contributed by atoms with Gasteiger partial charge in [0.2, 0.25) is 0 Å². The molecule has 1 fully saturated rings. The smallest absolute Gasteiger partial charge is 0.0407 e. The first-order chi connectivity index (χ1) is 8.20. The highest BCUT2D eigenvalue weighted by molar-refractivity contribution is 6.30. The Kier molecular flexibility index (Phi) is 4.26. The van der Waals surface area contributed by atoms with Crippen molar-refractivity contribution in [2.75, 3.05) is 45.2 Å². The van der Waals surface area contributed by atoms with Gasteiger partial charge in [0.05, 0.1) is 0 Å². The van der Waals surface area contributed by atoms with Crippen molar-refractivity contribution in [1.82, 2.24) is 10.2 Å². The van der Waals surface area contributed by atoms with E-state index in [-0.39, 0.29) is 0 Å². The van der Waals surface area contributed by atoms with E-state index in [1.54, 1.807) is 0 Å². The summed E-state index contributed by atoms with van der Waals surface area (Å²) >= 11 is 5.92. The maximum Gasteiger partial charge on any atom is 0.0407 e. The Hall–Kier alpha value is -0.770. The number of hydrogen-bond acceptors (Lipinski definition) is 3. The molecule has 1 aromatic rings. The molecule has 1 saturated heterocycles. The summed E-state index contributed by atoms with van der Waals surface area (Å²) in [6, 6.07) is 8.70. The third kappa shape index (κ3) is 3.12. The number of benzene rings is 1. The van der Waals surface area contributed by atoms with Crippen LogP contribution in [0.4, 0.5) is 5.69 Å². The predicted octanol–water partition coefficient (Wildman–Crippen LogP) is 1.68. The number of rotatable bonds is 3. The zero-order chi connectivity index (χ0) is 12.3. The number of piperazine rings is 1. The van der Waals surface area contributed by atoms with Crippen molar-refractivity contribution in [3.8, 4) is 0 Å². The van der Waals surface area contributed by atoms with Gasteiger partial charge in [-0.1, -0.05) is 11.6 Å². The summed E-state index contributed by atoms with van der Waals surface area (Å²) in [4.78, 5) is 4.85. The van der Waals surface area contributed by atoms with Crippen LogP contribution in [0.25, 0.3) is 0 Å². The average Bonchev–Trinajstić information content (AvgIpc) is 2.33. The minimum absolute atomic E-state index is 0.574. The van der Waals surface area contributed by atoms with E-state index in [1.165, 1.54) is 5.69 Å². The minimum Gasteiger partial charge on any atom is -0.369 e. The SMILES string of the molecule is CNCC1CN(c2ccc(Cl)cc2)CCN1C. The van der Waals surface area contributed by atoms with Crippen LogP contribution in [-0.4, -0.2) is 51.2 Å². The van der Waals surface area contributed by atoms with Crippen LogP contribution >= 0.6 is 11.6 Å². The molecule has 4 heteroatoms. The molecule has 1 atom stereocenters. The Labute approximate surface area is 108 Å². The van der Waals surface area contributed by atoms with Crippen LogP contribution in [0.2, 0.25) is 5.02 Å². The van der Waals surface area contributed by atoms with E-state index in [0.717, 1.165) is 31.2 Å². The molecule has 17 heavy (non-hydrogen) atoms. The Morgan fingerprint density at radius 2 is 2.00 bits per heavy atom. The summed E-state index contributed by atoms with van der Waals surface area (Å²) in [5.74, 6) is 0. The molecule has 2 rings (SSSR count). The van der Waals surface area contributed by atoms with Crippen molar-refractivity contribution in [3.63, 3.8) is 0 Å². The normalized spacial score (nSPS) is 21.8. The number of nitrogens with zero attached hydrogens (tertiary/aromatic N) is 2. The van der Waals surface area contributed by atoms with E-state index in [9.17, 15) is 0 Å². The highest BCUT2D eigenvalue weighted by Gasteiger charge is 2.23. The third-order valence-corrected chi connectivity index (χ3v) is 3.66. The fraction of sp³-hybridized carbons (Fsp3) is 0.538. The van der Waals surface area contributed by atoms with E-state index in [4.69, 9.17) is 11.6 Å². The topological polar surface area (TPSA) is 18.5 Å². The lowest BCUT2D eigenvalue weighted by Crippen LogP contribution is -2.54. The quantitative estimate of drug-likeness (QED) is 0.884. The maximum absolute atomic E-state index is 5.92. The molecule has 1 aliphatic heterocycles. The first-order valence-corrected chi connectivity index (χ1v) is 6.44. The Morgan fingerprint density at radius 1 is 1.29 bits per heavy atom. The van der Waals surface area contributed by atoms with Crippen LogP contribution < -0.4 is 10.2 Å². The van der Waals surface area contributed by atoms with Crippen molar-refractivity contribution >= 4 is 17.3 Å². The molecule has 0 saturated carbocycles. The Morgan fingerprint density at radius 3 is 2.65 bits per heavy atom. The second kappa shape index (κ2) is 5.71. The molecule has 0 aliphatic carbocycles. The molecule has 1 aliphatic rings. The lowest BCUT2D eigenvalue weighted by molar-refractivity contribution is 0.216. The number of nitrogens with one attached hydrogen (secondary N) is 1. The van der Waals surface area contributed by atoms with Crippen LogP contribution in [0.3, 0.4) is 0 Å². The van der Waals surface area contributed by atoms with Crippen LogP contribution in [0.5, 0.6) is 0 Å². The van der Waals surface area contributed by atoms with Gasteiger partial charge in [-0.15, -0.1) is 0 Å². The number of anilines is 1. The van der Waals surface area contributed by atoms with Crippen LogP contribution in [0, 0.1) is 0 Å². The summed E-state index contributed by atoms with van der Waals surface area (Å²) in [5, 5.41) is 4.06. The van der Waals surface area contributed by atoms with Crippen molar-refractivity contribution in [2.24, 2.45) is 0 Å². The fourth-order valence-corrected chi connectivity index (χ4v) is 2.41. The van der Waals surface area contributed by atoms with E-state index in [0.29, 0.717) is 6.04 Å². The lowest BCUT2D eigenvalue weighted by Gasteiger charge is -2.40. The van der Waals surface area contributed by atoms with Gasteiger partial charge in [-0.2, -0.15) is 0 Å². The van der Waals surface area contributed by atoms with E-state index in [2.05, 4.69) is 34.3 Å². The largest absolute Gasteiger partial charge is 0.369 e. The Balaban J connectivity index is 2.04. The van der Waals surface area contributed by atoms with Gasteiger partial charge in [0.1, 0.15) is 0 Å². The molecule has 0 radical (unpaired) electrons. The molecular weight excluding hydrogens is 234 g/mol. The number of likely N-dealkylation sites (N-methyl/N-ethyl adjacent to an activating group) is 2. The van der Waals surface area contributed by atoms with E-state index in [1.807, 2.05) is 19.2 Å². The Bertz CT molecular complexity index is 352. The molecule has 1 aromatic carbocycles. The van der Waals surface area contributed by atoms with Crippen LogP contribution in [0.1, 0.15) is 0 Å². The molecule has 1 heterocycles. The van der Waals surface area contributed by atoms with Gasteiger partial charge in [-0.05, 0) is 38.4 Å². The predicted molar refractivity (Wildman–Crippen MR) is 74.0 cm³/mol. The third-order valence-electron chi connectivity index (χ3n) is 3.41. The molecule has 0 spiro atoms. The van der Waals surface area contributed by atoms with Gasteiger partial charge in [0.25, 0.3) is 0 Å². The molecule has 0 aromatic heterocycles. The molecule has 3 nitrogen and oxygen atoms in total. The van der Waals surface area contributed by atoms with Gasteiger partial charge in [0, 0.05) is 42.9 Å². The molecule has 94 valence electrons. The first kappa shape index (κ1) is 12.7. The van der Waals surface area contributed by atoms with Crippen molar-refractivity contribution < 1.29 is 0 Å². The summed E-state index contributed by atoms with van der Waals surface area (Å²) in [6.45, 7) is 4.28. The standard InChI is InChI=1S/C13H20ClN3/c1-15-9-13-10-17(8-7-16(13)2)12-5-3-11(14)4-6-12/h3-6,13,15H,7-10H2,1-2H3. The highest BCUT2D eigenvalue weighted by Crippen LogP contribution is 2.20. The lowest BCUT2D eigenvalue weighted by atomic mass is 10.1. The average molecular weight is 254 g/mol. The van der Waals surface area contributed by atoms with Gasteiger partial charge in [0.15, 0.2) is 0 Å². The second-order valence-electron chi connectivity index (χ2n) is 4.61. The molecular formula is C13H20ClN3.